The van der Waals surface area contributed by atoms with E-state index in [4.69, 9.17) is 16.3 Å². The van der Waals surface area contributed by atoms with Crippen molar-refractivity contribution >= 4 is 50.7 Å². The molecule has 2 N–H and O–H groups in total. The molecule has 1 aliphatic rings. The summed E-state index contributed by atoms with van der Waals surface area (Å²) in [6, 6.07) is 16.6. The van der Waals surface area contributed by atoms with Gasteiger partial charge in [-0.3, -0.25) is 24.0 Å². The second-order valence-corrected chi connectivity index (χ2v) is 9.30. The summed E-state index contributed by atoms with van der Waals surface area (Å²) in [5, 5.41) is 2.72. The second kappa shape index (κ2) is 9.16. The van der Waals surface area contributed by atoms with Gasteiger partial charge >= 0.3 is 0 Å². The van der Waals surface area contributed by atoms with Gasteiger partial charge in [-0.05, 0) is 42.5 Å². The molecule has 1 aliphatic heterocycles. The van der Waals surface area contributed by atoms with Crippen molar-refractivity contribution in [1.82, 2.24) is 4.90 Å². The largest absolute Gasteiger partial charge is 0.495 e. The molecule has 0 radical (unpaired) electrons. The molecular formula is C23H18ClN3O6S. The third-order valence-corrected chi connectivity index (χ3v) is 6.75. The van der Waals surface area contributed by atoms with Gasteiger partial charge in [0.05, 0.1) is 28.9 Å². The summed E-state index contributed by atoms with van der Waals surface area (Å²) < 4.78 is 33.6. The van der Waals surface area contributed by atoms with E-state index in [1.165, 1.54) is 49.6 Å². The molecule has 3 amide bonds. The topological polar surface area (TPSA) is 122 Å². The van der Waals surface area contributed by atoms with Crippen LogP contribution in [0.3, 0.4) is 0 Å². The predicted molar refractivity (Wildman–Crippen MR) is 126 cm³/mol. The monoisotopic (exact) mass is 499 g/mol. The number of halogens is 1. The Kier molecular flexibility index (Phi) is 6.27. The number of methoxy groups -OCH3 is 1. The van der Waals surface area contributed by atoms with Crippen molar-refractivity contribution < 1.29 is 27.5 Å². The number of sulfonamides is 1. The van der Waals surface area contributed by atoms with Gasteiger partial charge in [-0.1, -0.05) is 35.9 Å². The molecule has 11 heteroatoms. The van der Waals surface area contributed by atoms with E-state index >= 15 is 0 Å². The number of hydrogen-bond donors (Lipinski definition) is 2. The summed E-state index contributed by atoms with van der Waals surface area (Å²) in [5.74, 6) is -1.78. The maximum Gasteiger partial charge on any atom is 0.265 e. The number of nitrogens with zero attached hydrogens (tertiary/aromatic N) is 1. The van der Waals surface area contributed by atoms with Crippen LogP contribution in [0.1, 0.15) is 20.7 Å². The summed E-state index contributed by atoms with van der Waals surface area (Å²) in [6.45, 7) is -0.529. The number of imide groups is 1. The molecule has 174 valence electrons. The average molecular weight is 500 g/mol. The van der Waals surface area contributed by atoms with Crippen molar-refractivity contribution in [3.8, 4) is 5.75 Å². The van der Waals surface area contributed by atoms with E-state index in [1.54, 1.807) is 24.3 Å². The zero-order valence-corrected chi connectivity index (χ0v) is 19.3. The Morgan fingerprint density at radius 1 is 0.971 bits per heavy atom. The smallest absolute Gasteiger partial charge is 0.265 e. The molecule has 0 aliphatic carbocycles. The highest BCUT2D eigenvalue weighted by Crippen LogP contribution is 2.31. The normalized spacial score (nSPS) is 12.9. The first kappa shape index (κ1) is 23.3. The molecule has 0 saturated carbocycles. The lowest BCUT2D eigenvalue weighted by molar-refractivity contribution is -0.116. The van der Waals surface area contributed by atoms with Crippen LogP contribution in [0.25, 0.3) is 0 Å². The molecule has 0 bridgehead atoms. The van der Waals surface area contributed by atoms with Crippen molar-refractivity contribution in [2.75, 3.05) is 23.7 Å². The van der Waals surface area contributed by atoms with Crippen molar-refractivity contribution in [3.05, 3.63) is 82.9 Å². The first-order valence-corrected chi connectivity index (χ1v) is 11.8. The van der Waals surface area contributed by atoms with Gasteiger partial charge in [0.15, 0.2) is 0 Å². The van der Waals surface area contributed by atoms with Crippen LogP contribution in [-0.4, -0.2) is 44.7 Å². The SMILES string of the molecule is COc1ccc(NC(=O)CN2C(=O)c3ccccc3C2=O)cc1S(=O)(=O)Nc1ccccc1Cl. The fraction of sp³-hybridized carbons (Fsp3) is 0.0870. The summed E-state index contributed by atoms with van der Waals surface area (Å²) in [4.78, 5) is 38.1. The van der Waals surface area contributed by atoms with Gasteiger partial charge in [-0.25, -0.2) is 8.42 Å². The van der Waals surface area contributed by atoms with Crippen molar-refractivity contribution in [3.63, 3.8) is 0 Å². The Morgan fingerprint density at radius 3 is 2.21 bits per heavy atom. The number of rotatable bonds is 7. The lowest BCUT2D eigenvalue weighted by Crippen LogP contribution is -2.37. The van der Waals surface area contributed by atoms with Gasteiger partial charge in [0.1, 0.15) is 17.2 Å². The number of carbonyl (C=O) groups is 3. The molecule has 4 rings (SSSR count). The molecule has 9 nitrogen and oxygen atoms in total. The standard InChI is InChI=1S/C23H18ClN3O6S/c1-33-19-11-10-14(12-20(19)34(31,32)26-18-9-5-4-8-17(18)24)25-21(28)13-27-22(29)15-6-2-3-7-16(15)23(27)30/h2-12,26H,13H2,1H3,(H,25,28). The number of hydrogen-bond acceptors (Lipinski definition) is 6. The third kappa shape index (κ3) is 4.45. The van der Waals surface area contributed by atoms with Crippen LogP contribution in [0.15, 0.2) is 71.6 Å². The number of amides is 3. The Bertz CT molecular complexity index is 1390. The van der Waals surface area contributed by atoms with Crippen LogP contribution in [-0.2, 0) is 14.8 Å². The van der Waals surface area contributed by atoms with E-state index in [0.717, 1.165) is 4.90 Å². The quantitative estimate of drug-likeness (QED) is 0.480. The number of fused-ring (bicyclic) bond motifs is 1. The lowest BCUT2D eigenvalue weighted by Gasteiger charge is -2.16. The minimum absolute atomic E-state index is 0.0397. The van der Waals surface area contributed by atoms with E-state index in [-0.39, 0.29) is 38.2 Å². The lowest BCUT2D eigenvalue weighted by atomic mass is 10.1. The number of para-hydroxylation sites is 1. The molecular weight excluding hydrogens is 482 g/mol. The molecule has 0 saturated heterocycles. The summed E-state index contributed by atoms with van der Waals surface area (Å²) in [6.07, 6.45) is 0. The maximum atomic E-state index is 13.0. The van der Waals surface area contributed by atoms with Gasteiger partial charge in [-0.15, -0.1) is 0 Å². The minimum atomic E-state index is -4.14. The number of anilines is 2. The van der Waals surface area contributed by atoms with Crippen molar-refractivity contribution in [1.29, 1.82) is 0 Å². The Balaban J connectivity index is 1.54. The Hall–Kier alpha value is -3.89. The molecule has 1 heterocycles. The van der Waals surface area contributed by atoms with Crippen LogP contribution >= 0.6 is 11.6 Å². The Labute approximate surface area is 200 Å². The van der Waals surface area contributed by atoms with Gasteiger partial charge in [0, 0.05) is 5.69 Å². The van der Waals surface area contributed by atoms with E-state index in [2.05, 4.69) is 10.0 Å². The minimum Gasteiger partial charge on any atom is -0.495 e. The van der Waals surface area contributed by atoms with Crippen LogP contribution in [0.2, 0.25) is 5.02 Å². The van der Waals surface area contributed by atoms with Crippen LogP contribution in [0.4, 0.5) is 11.4 Å². The molecule has 0 unspecified atom stereocenters. The van der Waals surface area contributed by atoms with Gasteiger partial charge < -0.3 is 10.1 Å². The first-order valence-electron chi connectivity index (χ1n) is 9.92. The summed E-state index contributed by atoms with van der Waals surface area (Å²) in [5.41, 5.74) is 0.751. The molecule has 0 spiro atoms. The van der Waals surface area contributed by atoms with E-state index in [9.17, 15) is 22.8 Å². The molecule has 34 heavy (non-hydrogen) atoms. The van der Waals surface area contributed by atoms with Gasteiger partial charge in [-0.2, -0.15) is 0 Å². The summed E-state index contributed by atoms with van der Waals surface area (Å²) in [7, 11) is -2.83. The van der Waals surface area contributed by atoms with Crippen LogP contribution in [0.5, 0.6) is 5.75 Å². The fourth-order valence-electron chi connectivity index (χ4n) is 3.44. The van der Waals surface area contributed by atoms with E-state index in [1.807, 2.05) is 0 Å². The number of carbonyl (C=O) groups excluding carboxylic acids is 3. The predicted octanol–water partition coefficient (Wildman–Crippen LogP) is 3.38. The van der Waals surface area contributed by atoms with Crippen molar-refractivity contribution in [2.24, 2.45) is 0 Å². The van der Waals surface area contributed by atoms with Crippen molar-refractivity contribution in [2.45, 2.75) is 4.90 Å². The zero-order valence-electron chi connectivity index (χ0n) is 17.7. The molecule has 3 aromatic carbocycles. The molecule has 3 aromatic rings. The highest BCUT2D eigenvalue weighted by Gasteiger charge is 2.36. The second-order valence-electron chi connectivity index (χ2n) is 7.24. The molecule has 0 fully saturated rings. The average Bonchev–Trinajstić information content (AvgIpc) is 3.05. The van der Waals surface area contributed by atoms with Gasteiger partial charge in [0.2, 0.25) is 5.91 Å². The van der Waals surface area contributed by atoms with Crippen LogP contribution in [0, 0.1) is 0 Å². The highest BCUT2D eigenvalue weighted by molar-refractivity contribution is 7.92. The molecule has 0 atom stereocenters. The van der Waals surface area contributed by atoms with Crippen LogP contribution < -0.4 is 14.8 Å². The Morgan fingerprint density at radius 2 is 1.59 bits per heavy atom. The zero-order chi connectivity index (χ0) is 24.5. The molecule has 0 aromatic heterocycles. The highest BCUT2D eigenvalue weighted by atomic mass is 35.5. The number of benzene rings is 3. The fourth-order valence-corrected chi connectivity index (χ4v) is 4.95. The third-order valence-electron chi connectivity index (χ3n) is 5.03. The van der Waals surface area contributed by atoms with Gasteiger partial charge in [0.25, 0.3) is 21.8 Å². The first-order chi connectivity index (χ1) is 16.2. The number of ether oxygens (including phenoxy) is 1. The van der Waals surface area contributed by atoms with E-state index in [0.29, 0.717) is 0 Å². The summed E-state index contributed by atoms with van der Waals surface area (Å²) >= 11 is 6.05. The number of nitrogens with one attached hydrogen (secondary N) is 2. The maximum absolute atomic E-state index is 13.0. The van der Waals surface area contributed by atoms with E-state index < -0.39 is 34.3 Å².